The topological polar surface area (TPSA) is 37.8 Å². The molecule has 0 unspecified atom stereocenters. The van der Waals surface area contributed by atoms with Gasteiger partial charge in [-0.2, -0.15) is 0 Å². The van der Waals surface area contributed by atoms with Crippen molar-refractivity contribution in [2.75, 3.05) is 17.7 Å². The first kappa shape index (κ1) is 7.28. The van der Waals surface area contributed by atoms with Gasteiger partial charge in [0.1, 0.15) is 0 Å². The first-order valence-electron chi connectivity index (χ1n) is 3.00. The van der Waals surface area contributed by atoms with Crippen LogP contribution in [0.15, 0.2) is 18.5 Å². The fourth-order valence-corrected chi connectivity index (χ4v) is 0.644. The van der Waals surface area contributed by atoms with E-state index in [0.29, 0.717) is 18.4 Å². The van der Waals surface area contributed by atoms with E-state index in [9.17, 15) is 0 Å². The van der Waals surface area contributed by atoms with Crippen LogP contribution in [0, 0.1) is 0 Å². The zero-order chi connectivity index (χ0) is 7.23. The van der Waals surface area contributed by atoms with Crippen LogP contribution in [0.5, 0.6) is 0 Å². The van der Waals surface area contributed by atoms with Gasteiger partial charge >= 0.3 is 0 Å². The van der Waals surface area contributed by atoms with Crippen LogP contribution in [0.4, 0.5) is 5.95 Å². The first-order chi connectivity index (χ1) is 4.93. The number of rotatable bonds is 3. The Balaban J connectivity index is 2.43. The quantitative estimate of drug-likeness (QED) is 0.669. The molecule has 0 aliphatic heterocycles. The van der Waals surface area contributed by atoms with Crippen molar-refractivity contribution in [1.29, 1.82) is 0 Å². The summed E-state index contributed by atoms with van der Waals surface area (Å²) in [6.07, 6.45) is 3.37. The summed E-state index contributed by atoms with van der Waals surface area (Å²) in [7, 11) is 0. The van der Waals surface area contributed by atoms with Gasteiger partial charge in [0.2, 0.25) is 5.95 Å². The number of nitrogens with one attached hydrogen (secondary N) is 1. The highest BCUT2D eigenvalue weighted by atomic mass is 35.5. The Labute approximate surface area is 64.5 Å². The van der Waals surface area contributed by atoms with E-state index in [2.05, 4.69) is 15.3 Å². The van der Waals surface area contributed by atoms with Crippen LogP contribution in [0.2, 0.25) is 0 Å². The Kier molecular flexibility index (Phi) is 2.96. The van der Waals surface area contributed by atoms with Gasteiger partial charge in [-0.05, 0) is 6.07 Å². The highest BCUT2D eigenvalue weighted by Crippen LogP contribution is 1.92. The summed E-state index contributed by atoms with van der Waals surface area (Å²) < 4.78 is 0. The predicted octanol–water partition coefficient (Wildman–Crippen LogP) is 1.13. The molecule has 1 N–H and O–H groups in total. The van der Waals surface area contributed by atoms with E-state index < -0.39 is 0 Å². The van der Waals surface area contributed by atoms with Gasteiger partial charge in [-0.15, -0.1) is 11.6 Å². The molecule has 0 saturated heterocycles. The van der Waals surface area contributed by atoms with Crippen LogP contribution in [0.25, 0.3) is 0 Å². The molecular formula is C6H8ClN3. The molecule has 0 spiro atoms. The molecule has 1 aromatic heterocycles. The van der Waals surface area contributed by atoms with E-state index in [4.69, 9.17) is 11.6 Å². The van der Waals surface area contributed by atoms with Crippen molar-refractivity contribution in [3.8, 4) is 0 Å². The van der Waals surface area contributed by atoms with Crippen molar-refractivity contribution in [2.45, 2.75) is 0 Å². The number of halogens is 1. The van der Waals surface area contributed by atoms with Crippen LogP contribution in [0.3, 0.4) is 0 Å². The molecule has 0 aliphatic carbocycles. The van der Waals surface area contributed by atoms with Crippen LogP contribution in [0.1, 0.15) is 0 Å². The van der Waals surface area contributed by atoms with Gasteiger partial charge in [0.25, 0.3) is 0 Å². The number of alkyl halides is 1. The van der Waals surface area contributed by atoms with E-state index >= 15 is 0 Å². The fraction of sp³-hybridized carbons (Fsp3) is 0.333. The highest BCUT2D eigenvalue weighted by Gasteiger charge is 1.88. The third-order valence-corrected chi connectivity index (χ3v) is 1.13. The minimum Gasteiger partial charge on any atom is -0.353 e. The minimum absolute atomic E-state index is 0.568. The van der Waals surface area contributed by atoms with Crippen molar-refractivity contribution >= 4 is 17.5 Å². The molecule has 0 fully saturated rings. The predicted molar refractivity (Wildman–Crippen MR) is 41.2 cm³/mol. The highest BCUT2D eigenvalue weighted by molar-refractivity contribution is 6.18. The molecule has 0 aromatic carbocycles. The molecule has 1 heterocycles. The third-order valence-electron chi connectivity index (χ3n) is 0.943. The maximum atomic E-state index is 5.43. The number of nitrogens with zero attached hydrogens (tertiary/aromatic N) is 2. The Bertz CT molecular complexity index is 178. The maximum Gasteiger partial charge on any atom is 0.222 e. The molecule has 10 heavy (non-hydrogen) atoms. The largest absolute Gasteiger partial charge is 0.353 e. The second-order valence-corrected chi connectivity index (χ2v) is 2.07. The second kappa shape index (κ2) is 4.06. The van der Waals surface area contributed by atoms with Crippen molar-refractivity contribution in [2.24, 2.45) is 0 Å². The average molecular weight is 158 g/mol. The lowest BCUT2D eigenvalue weighted by atomic mass is 10.6. The number of hydrogen-bond acceptors (Lipinski definition) is 3. The molecule has 1 rings (SSSR count). The summed E-state index contributed by atoms with van der Waals surface area (Å²) in [6.45, 7) is 0.700. The summed E-state index contributed by atoms with van der Waals surface area (Å²) in [6, 6.07) is 1.77. The molecule has 54 valence electrons. The summed E-state index contributed by atoms with van der Waals surface area (Å²) in [4.78, 5) is 7.87. The van der Waals surface area contributed by atoms with Crippen LogP contribution >= 0.6 is 11.6 Å². The monoisotopic (exact) mass is 157 g/mol. The van der Waals surface area contributed by atoms with Gasteiger partial charge in [-0.25, -0.2) is 9.97 Å². The van der Waals surface area contributed by atoms with Crippen molar-refractivity contribution < 1.29 is 0 Å². The van der Waals surface area contributed by atoms with Crippen LogP contribution < -0.4 is 5.32 Å². The van der Waals surface area contributed by atoms with Gasteiger partial charge in [-0.3, -0.25) is 0 Å². The van der Waals surface area contributed by atoms with Crippen molar-refractivity contribution in [3.05, 3.63) is 18.5 Å². The number of aromatic nitrogens is 2. The molecule has 0 amide bonds. The van der Waals surface area contributed by atoms with E-state index in [1.165, 1.54) is 0 Å². The molecule has 4 heteroatoms. The molecule has 3 nitrogen and oxygen atoms in total. The van der Waals surface area contributed by atoms with E-state index in [1.807, 2.05) is 0 Å². The van der Waals surface area contributed by atoms with E-state index in [1.54, 1.807) is 18.5 Å². The van der Waals surface area contributed by atoms with Crippen LogP contribution in [-0.2, 0) is 0 Å². The van der Waals surface area contributed by atoms with Crippen molar-refractivity contribution in [1.82, 2.24) is 9.97 Å². The molecule has 0 radical (unpaired) electrons. The molecular weight excluding hydrogens is 150 g/mol. The Morgan fingerprint density at radius 2 is 2.10 bits per heavy atom. The molecule has 0 saturated carbocycles. The lowest BCUT2D eigenvalue weighted by Crippen LogP contribution is -2.05. The molecule has 1 aromatic rings. The van der Waals surface area contributed by atoms with Gasteiger partial charge in [0.05, 0.1) is 0 Å². The number of hydrogen-bond donors (Lipinski definition) is 1. The van der Waals surface area contributed by atoms with E-state index in [0.717, 1.165) is 0 Å². The zero-order valence-electron chi connectivity index (χ0n) is 5.42. The Hall–Kier alpha value is -0.830. The standard InChI is InChI=1S/C6H8ClN3/c7-2-5-10-6-8-3-1-4-9-6/h1,3-4H,2,5H2,(H,8,9,10). The molecule has 0 aliphatic rings. The van der Waals surface area contributed by atoms with Gasteiger partial charge in [0.15, 0.2) is 0 Å². The summed E-state index contributed by atoms with van der Waals surface area (Å²) in [5.41, 5.74) is 0. The first-order valence-corrected chi connectivity index (χ1v) is 3.54. The lowest BCUT2D eigenvalue weighted by molar-refractivity contribution is 1.09. The van der Waals surface area contributed by atoms with Crippen molar-refractivity contribution in [3.63, 3.8) is 0 Å². The van der Waals surface area contributed by atoms with Crippen LogP contribution in [-0.4, -0.2) is 22.4 Å². The zero-order valence-corrected chi connectivity index (χ0v) is 6.17. The fourth-order valence-electron chi connectivity index (χ4n) is 0.549. The Morgan fingerprint density at radius 3 is 2.70 bits per heavy atom. The normalized spacial score (nSPS) is 9.30. The third kappa shape index (κ3) is 2.19. The maximum absolute atomic E-state index is 5.43. The molecule has 0 atom stereocenters. The number of anilines is 1. The summed E-state index contributed by atoms with van der Waals surface area (Å²) >= 11 is 5.43. The summed E-state index contributed by atoms with van der Waals surface area (Å²) in [5, 5.41) is 2.94. The molecule has 0 bridgehead atoms. The SMILES string of the molecule is ClCCNc1ncccn1. The second-order valence-electron chi connectivity index (χ2n) is 1.69. The smallest absolute Gasteiger partial charge is 0.222 e. The summed E-state index contributed by atoms with van der Waals surface area (Å²) in [5.74, 6) is 1.20. The van der Waals surface area contributed by atoms with E-state index in [-0.39, 0.29) is 0 Å². The van der Waals surface area contributed by atoms with Gasteiger partial charge < -0.3 is 5.32 Å². The lowest BCUT2D eigenvalue weighted by Gasteiger charge is -1.98. The van der Waals surface area contributed by atoms with Gasteiger partial charge in [0, 0.05) is 24.8 Å². The minimum atomic E-state index is 0.568. The Morgan fingerprint density at radius 1 is 1.40 bits per heavy atom. The average Bonchev–Trinajstić information content (AvgIpc) is 2.03. The van der Waals surface area contributed by atoms with Gasteiger partial charge in [-0.1, -0.05) is 0 Å².